The van der Waals surface area contributed by atoms with Gasteiger partial charge in [-0.2, -0.15) is 0 Å². The van der Waals surface area contributed by atoms with Crippen LogP contribution in [0.5, 0.6) is 0 Å². The Labute approximate surface area is 111 Å². The summed E-state index contributed by atoms with van der Waals surface area (Å²) < 4.78 is 0. The van der Waals surface area contributed by atoms with Gasteiger partial charge in [0.1, 0.15) is 0 Å². The molecule has 0 radical (unpaired) electrons. The quantitative estimate of drug-likeness (QED) is 0.438. The molecule has 0 aliphatic rings. The van der Waals surface area contributed by atoms with E-state index >= 15 is 0 Å². The molecule has 0 fully saturated rings. The molecule has 0 spiro atoms. The van der Waals surface area contributed by atoms with E-state index < -0.39 is 0 Å². The van der Waals surface area contributed by atoms with Crippen LogP contribution in [0.4, 0.5) is 0 Å². The molecule has 0 saturated carbocycles. The van der Waals surface area contributed by atoms with Crippen molar-refractivity contribution < 1.29 is 9.59 Å². The van der Waals surface area contributed by atoms with Gasteiger partial charge in [0.05, 0.1) is 6.04 Å². The summed E-state index contributed by atoms with van der Waals surface area (Å²) in [4.78, 5) is 23.0. The Balaban J connectivity index is 4.54. The summed E-state index contributed by atoms with van der Waals surface area (Å²) in [5.41, 5.74) is 5.45. The standard InChI is InChI=1S/C14H28N2O2/c1-4-11(3)12(5-2)14(18)13(16-10-17)8-6-7-9-15/h10-13H,4-9,15H2,1-3H3,(H,16,17). The molecule has 0 aliphatic heterocycles. The zero-order valence-corrected chi connectivity index (χ0v) is 11.9. The van der Waals surface area contributed by atoms with E-state index in [-0.39, 0.29) is 17.7 Å². The monoisotopic (exact) mass is 256 g/mol. The van der Waals surface area contributed by atoms with Crippen LogP contribution in [0, 0.1) is 11.8 Å². The van der Waals surface area contributed by atoms with E-state index in [0.29, 0.717) is 25.3 Å². The zero-order chi connectivity index (χ0) is 14.0. The minimum absolute atomic E-state index is 0.0466. The second kappa shape index (κ2) is 10.1. The summed E-state index contributed by atoms with van der Waals surface area (Å²) in [5, 5.41) is 2.66. The van der Waals surface area contributed by atoms with E-state index in [0.717, 1.165) is 25.7 Å². The Hall–Kier alpha value is -0.900. The number of hydrogen-bond acceptors (Lipinski definition) is 3. The van der Waals surface area contributed by atoms with Crippen molar-refractivity contribution in [1.29, 1.82) is 0 Å². The Morgan fingerprint density at radius 3 is 2.39 bits per heavy atom. The molecule has 4 nitrogen and oxygen atoms in total. The van der Waals surface area contributed by atoms with Gasteiger partial charge in [-0.1, -0.05) is 27.2 Å². The van der Waals surface area contributed by atoms with E-state index in [1.807, 2.05) is 6.92 Å². The van der Waals surface area contributed by atoms with Crippen LogP contribution in [-0.4, -0.2) is 24.8 Å². The number of ketones is 1. The highest BCUT2D eigenvalue weighted by atomic mass is 16.1. The molecule has 1 amide bonds. The highest BCUT2D eigenvalue weighted by molar-refractivity contribution is 5.87. The van der Waals surface area contributed by atoms with Crippen molar-refractivity contribution in [3.05, 3.63) is 0 Å². The van der Waals surface area contributed by atoms with Gasteiger partial charge >= 0.3 is 0 Å². The molecule has 0 aliphatic carbocycles. The molecule has 0 bridgehead atoms. The fourth-order valence-electron chi connectivity index (χ4n) is 2.31. The van der Waals surface area contributed by atoms with E-state index in [4.69, 9.17) is 5.73 Å². The lowest BCUT2D eigenvalue weighted by atomic mass is 9.82. The molecular weight excluding hydrogens is 228 g/mol. The van der Waals surface area contributed by atoms with E-state index in [1.165, 1.54) is 0 Å². The maximum absolute atomic E-state index is 12.4. The van der Waals surface area contributed by atoms with Gasteiger partial charge < -0.3 is 11.1 Å². The Morgan fingerprint density at radius 1 is 1.28 bits per heavy atom. The van der Waals surface area contributed by atoms with Crippen molar-refractivity contribution >= 4 is 12.2 Å². The minimum Gasteiger partial charge on any atom is -0.349 e. The van der Waals surface area contributed by atoms with Crippen molar-refractivity contribution in [2.75, 3.05) is 6.54 Å². The summed E-state index contributed by atoms with van der Waals surface area (Å²) >= 11 is 0. The first-order chi connectivity index (χ1) is 8.62. The number of carbonyl (C=O) groups excluding carboxylic acids is 2. The van der Waals surface area contributed by atoms with Gasteiger partial charge in [0, 0.05) is 5.92 Å². The summed E-state index contributed by atoms with van der Waals surface area (Å²) in [5.74, 6) is 0.592. The number of carbonyl (C=O) groups is 2. The third kappa shape index (κ3) is 5.63. The number of hydrogen-bond donors (Lipinski definition) is 2. The molecule has 0 aromatic heterocycles. The van der Waals surface area contributed by atoms with E-state index in [1.54, 1.807) is 0 Å². The van der Waals surface area contributed by atoms with Crippen LogP contribution in [0.3, 0.4) is 0 Å². The third-order valence-electron chi connectivity index (χ3n) is 3.70. The molecule has 3 atom stereocenters. The Morgan fingerprint density at radius 2 is 1.94 bits per heavy atom. The van der Waals surface area contributed by atoms with Crippen LogP contribution in [0.1, 0.15) is 52.9 Å². The van der Waals surface area contributed by atoms with Gasteiger partial charge in [-0.05, 0) is 38.1 Å². The number of unbranched alkanes of at least 4 members (excludes halogenated alkanes) is 1. The summed E-state index contributed by atoms with van der Waals surface area (Å²) in [6, 6.07) is -0.340. The molecule has 18 heavy (non-hydrogen) atoms. The van der Waals surface area contributed by atoms with Crippen LogP contribution >= 0.6 is 0 Å². The fraction of sp³-hybridized carbons (Fsp3) is 0.857. The summed E-state index contributed by atoms with van der Waals surface area (Å²) in [6.07, 6.45) is 4.92. The second-order valence-corrected chi connectivity index (χ2v) is 4.92. The number of Topliss-reactive ketones (excluding diaryl/α,β-unsaturated/α-hetero) is 1. The molecular formula is C14H28N2O2. The SMILES string of the molecule is CCC(C)C(CC)C(=O)C(CCCCN)NC=O. The van der Waals surface area contributed by atoms with Crippen LogP contribution < -0.4 is 11.1 Å². The van der Waals surface area contributed by atoms with E-state index in [2.05, 4.69) is 19.2 Å². The van der Waals surface area contributed by atoms with Crippen molar-refractivity contribution in [2.45, 2.75) is 58.9 Å². The summed E-state index contributed by atoms with van der Waals surface area (Å²) in [7, 11) is 0. The Bertz CT molecular complexity index is 244. The molecule has 3 unspecified atom stereocenters. The lowest BCUT2D eigenvalue weighted by Gasteiger charge is -2.25. The average Bonchev–Trinajstić information content (AvgIpc) is 2.38. The smallest absolute Gasteiger partial charge is 0.207 e. The molecule has 4 heteroatoms. The number of nitrogens with two attached hydrogens (primary N) is 1. The minimum atomic E-state index is -0.340. The Kier molecular flexibility index (Phi) is 9.56. The predicted octanol–water partition coefficient (Wildman–Crippen LogP) is 1.87. The van der Waals surface area contributed by atoms with E-state index in [9.17, 15) is 9.59 Å². The topological polar surface area (TPSA) is 72.2 Å². The average molecular weight is 256 g/mol. The van der Waals surface area contributed by atoms with Gasteiger partial charge in [0.25, 0.3) is 0 Å². The van der Waals surface area contributed by atoms with Crippen molar-refractivity contribution in [2.24, 2.45) is 17.6 Å². The van der Waals surface area contributed by atoms with Crippen molar-refractivity contribution in [1.82, 2.24) is 5.32 Å². The van der Waals surface area contributed by atoms with Gasteiger partial charge in [0.15, 0.2) is 5.78 Å². The van der Waals surface area contributed by atoms with Crippen LogP contribution in [0.15, 0.2) is 0 Å². The van der Waals surface area contributed by atoms with Gasteiger partial charge in [-0.15, -0.1) is 0 Å². The van der Waals surface area contributed by atoms with Crippen molar-refractivity contribution in [3.8, 4) is 0 Å². The van der Waals surface area contributed by atoms with Gasteiger partial charge in [-0.3, -0.25) is 9.59 Å². The first-order valence-electron chi connectivity index (χ1n) is 7.05. The third-order valence-corrected chi connectivity index (χ3v) is 3.70. The second-order valence-electron chi connectivity index (χ2n) is 4.92. The molecule has 0 aromatic carbocycles. The molecule has 0 rings (SSSR count). The zero-order valence-electron chi connectivity index (χ0n) is 11.9. The first-order valence-corrected chi connectivity index (χ1v) is 7.05. The van der Waals surface area contributed by atoms with Crippen LogP contribution in [-0.2, 0) is 9.59 Å². The normalized spacial score (nSPS) is 15.8. The van der Waals surface area contributed by atoms with Crippen LogP contribution in [0.25, 0.3) is 0 Å². The number of nitrogens with one attached hydrogen (secondary N) is 1. The molecule has 3 N–H and O–H groups in total. The largest absolute Gasteiger partial charge is 0.349 e. The number of rotatable bonds is 11. The van der Waals surface area contributed by atoms with Gasteiger partial charge in [0.2, 0.25) is 6.41 Å². The van der Waals surface area contributed by atoms with Gasteiger partial charge in [-0.25, -0.2) is 0 Å². The van der Waals surface area contributed by atoms with Crippen LogP contribution in [0.2, 0.25) is 0 Å². The highest BCUT2D eigenvalue weighted by Gasteiger charge is 2.28. The molecule has 0 aromatic rings. The lowest BCUT2D eigenvalue weighted by Crippen LogP contribution is -2.41. The lowest BCUT2D eigenvalue weighted by molar-refractivity contribution is -0.128. The summed E-state index contributed by atoms with van der Waals surface area (Å²) in [6.45, 7) is 6.86. The first kappa shape index (κ1) is 17.1. The fourth-order valence-corrected chi connectivity index (χ4v) is 2.31. The maximum Gasteiger partial charge on any atom is 0.207 e. The predicted molar refractivity (Wildman–Crippen MR) is 74.1 cm³/mol. The maximum atomic E-state index is 12.4. The molecule has 0 saturated heterocycles. The molecule has 106 valence electrons. The number of amides is 1. The van der Waals surface area contributed by atoms with Crippen molar-refractivity contribution in [3.63, 3.8) is 0 Å². The molecule has 0 heterocycles. The highest BCUT2D eigenvalue weighted by Crippen LogP contribution is 2.22.